The van der Waals surface area contributed by atoms with Crippen molar-refractivity contribution in [3.05, 3.63) is 59.1 Å². The maximum atomic E-state index is 11.1. The van der Waals surface area contributed by atoms with Crippen LogP contribution in [-0.2, 0) is 4.79 Å². The summed E-state index contributed by atoms with van der Waals surface area (Å²) in [6.07, 6.45) is 6.00. The molecule has 1 aliphatic carbocycles. The lowest BCUT2D eigenvalue weighted by molar-refractivity contribution is -0.139. The van der Waals surface area contributed by atoms with Gasteiger partial charge in [-0.05, 0) is 23.5 Å². The normalized spacial score (nSPS) is 17.3. The van der Waals surface area contributed by atoms with Crippen molar-refractivity contribution < 1.29 is 9.90 Å². The van der Waals surface area contributed by atoms with Gasteiger partial charge in [-0.15, -0.1) is 11.3 Å². The molecular weight excluding hydrogens is 306 g/mol. The molecule has 2 aromatic rings. The van der Waals surface area contributed by atoms with E-state index in [1.54, 1.807) is 17.4 Å². The molecule has 0 radical (unpaired) electrons. The van der Waals surface area contributed by atoms with Crippen LogP contribution in [0.25, 0.3) is 16.1 Å². The smallest absolute Gasteiger partial charge is 0.310 e. The van der Waals surface area contributed by atoms with E-state index >= 15 is 0 Å². The third-order valence-corrected chi connectivity index (χ3v) is 4.95. The Morgan fingerprint density at radius 1 is 1.30 bits per heavy atom. The van der Waals surface area contributed by atoms with Gasteiger partial charge in [-0.25, -0.2) is 4.98 Å². The lowest BCUT2D eigenvalue weighted by Crippen LogP contribution is -2.13. The maximum Gasteiger partial charge on any atom is 0.310 e. The van der Waals surface area contributed by atoms with Gasteiger partial charge in [0, 0.05) is 10.9 Å². The number of allylic oxidation sites excluding steroid dienone is 3. The molecule has 1 aromatic carbocycles. The molecule has 0 saturated carbocycles. The van der Waals surface area contributed by atoms with E-state index in [1.165, 1.54) is 5.56 Å². The maximum absolute atomic E-state index is 11.1. The summed E-state index contributed by atoms with van der Waals surface area (Å²) >= 11 is 1.60. The zero-order valence-corrected chi connectivity index (χ0v) is 14.0. The van der Waals surface area contributed by atoms with Crippen molar-refractivity contribution in [3.63, 3.8) is 0 Å². The number of aromatic nitrogens is 1. The fraction of sp³-hybridized carbons (Fsp3) is 0.263. The van der Waals surface area contributed by atoms with Crippen molar-refractivity contribution >= 4 is 22.9 Å². The van der Waals surface area contributed by atoms with Crippen LogP contribution in [0.15, 0.2) is 47.9 Å². The van der Waals surface area contributed by atoms with Crippen LogP contribution in [0.2, 0.25) is 0 Å². The molecular formula is C19H19NO2S. The minimum absolute atomic E-state index is 0.453. The molecule has 1 heterocycles. The second-order valence-electron chi connectivity index (χ2n) is 6.04. The van der Waals surface area contributed by atoms with Crippen LogP contribution in [0.4, 0.5) is 0 Å². The molecule has 0 amide bonds. The summed E-state index contributed by atoms with van der Waals surface area (Å²) < 4.78 is 0. The number of rotatable bonds is 4. The van der Waals surface area contributed by atoms with Crippen LogP contribution in [0.3, 0.4) is 0 Å². The Morgan fingerprint density at radius 3 is 2.70 bits per heavy atom. The van der Waals surface area contributed by atoms with Crippen LogP contribution in [-0.4, -0.2) is 16.1 Å². The standard InChI is InChI=1S/C19H19NO2S/c1-12(2)13-6-8-14(9-7-13)18-20-17(11-23-18)15-4-3-5-16(10-15)19(21)22/h3-9,11-12,16H,10H2,1-2H3,(H,21,22). The van der Waals surface area contributed by atoms with Gasteiger partial charge in [0.2, 0.25) is 0 Å². The predicted molar refractivity (Wildman–Crippen MR) is 94.5 cm³/mol. The third-order valence-electron chi connectivity index (χ3n) is 4.06. The van der Waals surface area contributed by atoms with Crippen molar-refractivity contribution in [2.75, 3.05) is 0 Å². The molecule has 1 N–H and O–H groups in total. The van der Waals surface area contributed by atoms with Crippen molar-refractivity contribution in [1.82, 2.24) is 4.98 Å². The summed E-state index contributed by atoms with van der Waals surface area (Å²) in [5, 5.41) is 12.1. The summed E-state index contributed by atoms with van der Waals surface area (Å²) in [6, 6.07) is 8.49. The van der Waals surface area contributed by atoms with E-state index in [0.717, 1.165) is 21.8 Å². The van der Waals surface area contributed by atoms with Crippen LogP contribution in [0, 0.1) is 5.92 Å². The Kier molecular flexibility index (Phi) is 4.44. The average molecular weight is 325 g/mol. The quantitative estimate of drug-likeness (QED) is 0.862. The minimum atomic E-state index is -0.786. The molecule has 118 valence electrons. The second kappa shape index (κ2) is 6.50. The molecule has 0 bridgehead atoms. The number of hydrogen-bond acceptors (Lipinski definition) is 3. The molecule has 0 fully saturated rings. The van der Waals surface area contributed by atoms with Gasteiger partial charge in [-0.3, -0.25) is 4.79 Å². The molecule has 0 spiro atoms. The second-order valence-corrected chi connectivity index (χ2v) is 6.90. The fourth-order valence-electron chi connectivity index (χ4n) is 2.60. The molecule has 0 saturated heterocycles. The average Bonchev–Trinajstić information content (AvgIpc) is 3.05. The molecule has 3 rings (SSSR count). The number of thiazole rings is 1. The first-order chi connectivity index (χ1) is 11.0. The number of carboxylic acid groups (broad SMARTS) is 1. The molecule has 1 aliphatic rings. The monoisotopic (exact) mass is 325 g/mol. The van der Waals surface area contributed by atoms with Crippen molar-refractivity contribution in [2.24, 2.45) is 5.92 Å². The molecule has 3 nitrogen and oxygen atoms in total. The highest BCUT2D eigenvalue weighted by atomic mass is 32.1. The van der Waals surface area contributed by atoms with Gasteiger partial charge in [0.15, 0.2) is 0 Å². The molecule has 1 atom stereocenters. The first-order valence-corrected chi connectivity index (χ1v) is 8.59. The Labute approximate surface area is 140 Å². The summed E-state index contributed by atoms with van der Waals surface area (Å²) in [4.78, 5) is 15.8. The van der Waals surface area contributed by atoms with E-state index in [0.29, 0.717) is 12.3 Å². The lowest BCUT2D eigenvalue weighted by Gasteiger charge is -2.13. The van der Waals surface area contributed by atoms with Gasteiger partial charge in [0.25, 0.3) is 0 Å². The molecule has 4 heteroatoms. The largest absolute Gasteiger partial charge is 0.481 e. The predicted octanol–water partition coefficient (Wildman–Crippen LogP) is 4.98. The van der Waals surface area contributed by atoms with Crippen LogP contribution < -0.4 is 0 Å². The van der Waals surface area contributed by atoms with Crippen LogP contribution >= 0.6 is 11.3 Å². The van der Waals surface area contributed by atoms with E-state index in [2.05, 4.69) is 38.1 Å². The first kappa shape index (κ1) is 15.7. The van der Waals surface area contributed by atoms with E-state index in [4.69, 9.17) is 10.1 Å². The number of carboxylic acids is 1. The van der Waals surface area contributed by atoms with Crippen LogP contribution in [0.1, 0.15) is 37.4 Å². The van der Waals surface area contributed by atoms with E-state index < -0.39 is 11.9 Å². The van der Waals surface area contributed by atoms with E-state index in [9.17, 15) is 4.79 Å². The van der Waals surface area contributed by atoms with Gasteiger partial charge in [-0.2, -0.15) is 0 Å². The third kappa shape index (κ3) is 3.42. The van der Waals surface area contributed by atoms with E-state index in [-0.39, 0.29) is 0 Å². The zero-order valence-electron chi connectivity index (χ0n) is 13.2. The molecule has 23 heavy (non-hydrogen) atoms. The van der Waals surface area contributed by atoms with Crippen molar-refractivity contribution in [3.8, 4) is 10.6 Å². The van der Waals surface area contributed by atoms with Gasteiger partial charge in [0.1, 0.15) is 5.01 Å². The van der Waals surface area contributed by atoms with E-state index in [1.807, 2.05) is 17.5 Å². The summed E-state index contributed by atoms with van der Waals surface area (Å²) in [5.74, 6) is -0.722. The first-order valence-electron chi connectivity index (χ1n) is 7.71. The highest BCUT2D eigenvalue weighted by molar-refractivity contribution is 7.13. The Hall–Kier alpha value is -2.20. The van der Waals surface area contributed by atoms with Gasteiger partial charge in [-0.1, -0.05) is 56.3 Å². The van der Waals surface area contributed by atoms with Crippen molar-refractivity contribution in [2.45, 2.75) is 26.2 Å². The SMILES string of the molecule is CC(C)c1ccc(-c2nc(C3=CC=CC(C(=O)O)C3)cs2)cc1. The number of hydrogen-bond donors (Lipinski definition) is 1. The van der Waals surface area contributed by atoms with Crippen molar-refractivity contribution in [1.29, 1.82) is 0 Å². The zero-order chi connectivity index (χ0) is 16.4. The van der Waals surface area contributed by atoms with Gasteiger partial charge < -0.3 is 5.11 Å². The summed E-state index contributed by atoms with van der Waals surface area (Å²) in [7, 11) is 0. The fourth-order valence-corrected chi connectivity index (χ4v) is 3.45. The summed E-state index contributed by atoms with van der Waals surface area (Å²) in [6.45, 7) is 4.36. The Bertz CT molecular complexity index is 769. The number of benzene rings is 1. The number of carbonyl (C=O) groups is 1. The molecule has 1 aromatic heterocycles. The van der Waals surface area contributed by atoms with Gasteiger partial charge in [0.05, 0.1) is 11.6 Å². The topological polar surface area (TPSA) is 50.2 Å². The van der Waals surface area contributed by atoms with Crippen LogP contribution in [0.5, 0.6) is 0 Å². The highest BCUT2D eigenvalue weighted by Gasteiger charge is 2.20. The molecule has 0 aliphatic heterocycles. The Balaban J connectivity index is 1.82. The minimum Gasteiger partial charge on any atom is -0.481 e. The Morgan fingerprint density at radius 2 is 2.04 bits per heavy atom. The highest BCUT2D eigenvalue weighted by Crippen LogP contribution is 2.32. The number of nitrogens with zero attached hydrogens (tertiary/aromatic N) is 1. The molecule has 1 unspecified atom stereocenters. The van der Waals surface area contributed by atoms with Gasteiger partial charge >= 0.3 is 5.97 Å². The lowest BCUT2D eigenvalue weighted by atomic mass is 9.93. The number of aliphatic carboxylic acids is 1. The summed E-state index contributed by atoms with van der Waals surface area (Å²) in [5.41, 5.74) is 4.29.